The van der Waals surface area contributed by atoms with E-state index in [2.05, 4.69) is 0 Å². The molecule has 0 aliphatic carbocycles. The van der Waals surface area contributed by atoms with Crippen molar-refractivity contribution in [1.82, 2.24) is 4.57 Å². The van der Waals surface area contributed by atoms with Crippen molar-refractivity contribution >= 4 is 22.5 Å². The number of aromatic hydroxyl groups is 1. The fourth-order valence-electron chi connectivity index (χ4n) is 3.44. The van der Waals surface area contributed by atoms with E-state index in [4.69, 9.17) is 4.74 Å². The number of aromatic nitrogens is 1. The van der Waals surface area contributed by atoms with Gasteiger partial charge in [0.05, 0.1) is 12.6 Å². The number of hydrogen-bond acceptors (Lipinski definition) is 4. The van der Waals surface area contributed by atoms with Crippen LogP contribution in [0.25, 0.3) is 16.6 Å². The van der Waals surface area contributed by atoms with Crippen molar-refractivity contribution in [3.63, 3.8) is 0 Å². The lowest BCUT2D eigenvalue weighted by Crippen LogP contribution is -2.34. The number of hydrogen-bond donors (Lipinski definition) is 1. The van der Waals surface area contributed by atoms with Crippen LogP contribution in [0, 0.1) is 0 Å². The molecule has 0 fully saturated rings. The summed E-state index contributed by atoms with van der Waals surface area (Å²) in [6.07, 6.45) is 0. The van der Waals surface area contributed by atoms with Gasteiger partial charge in [0.15, 0.2) is 0 Å². The Morgan fingerprint density at radius 2 is 1.57 bits per heavy atom. The molecule has 0 bridgehead atoms. The largest absolute Gasteiger partial charge is 0.506 e. The Bertz CT molecular complexity index is 1280. The summed E-state index contributed by atoms with van der Waals surface area (Å²) in [5, 5.41) is 11.3. The predicted molar refractivity (Wildman–Crippen MR) is 117 cm³/mol. The highest BCUT2D eigenvalue weighted by Gasteiger charge is 2.26. The summed E-state index contributed by atoms with van der Waals surface area (Å²) in [6, 6.07) is 22.9. The van der Waals surface area contributed by atoms with E-state index in [1.54, 1.807) is 87.0 Å². The number of fused-ring (bicyclic) bond motifs is 1. The zero-order valence-corrected chi connectivity index (χ0v) is 16.6. The minimum atomic E-state index is -0.593. The highest BCUT2D eigenvalue weighted by molar-refractivity contribution is 6.10. The van der Waals surface area contributed by atoms with Gasteiger partial charge in [-0.3, -0.25) is 14.2 Å². The van der Waals surface area contributed by atoms with Gasteiger partial charge in [-0.05, 0) is 48.5 Å². The van der Waals surface area contributed by atoms with Crippen LogP contribution in [0.1, 0.15) is 10.4 Å². The van der Waals surface area contributed by atoms with E-state index in [1.165, 1.54) is 9.47 Å². The molecule has 3 aromatic carbocycles. The molecule has 0 atom stereocenters. The number of anilines is 1. The number of carbonyl (C=O) groups is 1. The molecule has 6 nitrogen and oxygen atoms in total. The molecule has 1 amide bonds. The van der Waals surface area contributed by atoms with Crippen LogP contribution in [0.5, 0.6) is 11.5 Å². The molecular weight excluding hydrogens is 380 g/mol. The summed E-state index contributed by atoms with van der Waals surface area (Å²) in [5.74, 6) is -0.264. The average Bonchev–Trinajstić information content (AvgIpc) is 2.79. The zero-order valence-electron chi connectivity index (χ0n) is 16.6. The summed E-state index contributed by atoms with van der Waals surface area (Å²) in [4.78, 5) is 28.1. The van der Waals surface area contributed by atoms with Crippen LogP contribution in [-0.2, 0) is 0 Å². The van der Waals surface area contributed by atoms with E-state index in [1.807, 2.05) is 6.07 Å². The minimum Gasteiger partial charge on any atom is -0.506 e. The van der Waals surface area contributed by atoms with Gasteiger partial charge in [0.1, 0.15) is 17.1 Å². The first kappa shape index (κ1) is 19.3. The molecule has 0 unspecified atom stereocenters. The molecular formula is C24H20N2O4. The number of para-hydroxylation sites is 2. The van der Waals surface area contributed by atoms with Crippen LogP contribution < -0.4 is 15.2 Å². The minimum absolute atomic E-state index is 0.282. The number of benzene rings is 3. The molecule has 1 N–H and O–H groups in total. The second kappa shape index (κ2) is 7.75. The number of carbonyl (C=O) groups excluding carboxylic acids is 1. The van der Waals surface area contributed by atoms with E-state index in [0.29, 0.717) is 28.0 Å². The average molecular weight is 400 g/mol. The molecule has 1 heterocycles. The van der Waals surface area contributed by atoms with Gasteiger partial charge in [-0.2, -0.15) is 0 Å². The van der Waals surface area contributed by atoms with E-state index in [-0.39, 0.29) is 11.3 Å². The summed E-state index contributed by atoms with van der Waals surface area (Å²) in [5.41, 5.74) is 0.808. The molecule has 30 heavy (non-hydrogen) atoms. The number of pyridine rings is 1. The number of methoxy groups -OCH3 is 1. The SMILES string of the molecule is COc1ccc(-n2c(=O)c(C(=O)N(C)c3ccccc3)c(O)c3ccccc32)cc1. The Hall–Kier alpha value is -4.06. The Kier molecular flexibility index (Phi) is 4.98. The summed E-state index contributed by atoms with van der Waals surface area (Å²) in [7, 11) is 3.14. The summed E-state index contributed by atoms with van der Waals surface area (Å²) >= 11 is 0. The smallest absolute Gasteiger partial charge is 0.272 e. The Labute approximate surface area is 173 Å². The number of rotatable bonds is 4. The Morgan fingerprint density at radius 1 is 0.933 bits per heavy atom. The van der Waals surface area contributed by atoms with Crippen LogP contribution in [-0.4, -0.2) is 29.7 Å². The predicted octanol–water partition coefficient (Wildman–Crippen LogP) is 3.98. The van der Waals surface area contributed by atoms with Crippen LogP contribution in [0.3, 0.4) is 0 Å². The molecule has 0 saturated carbocycles. The second-order valence-electron chi connectivity index (χ2n) is 6.78. The molecule has 4 aromatic rings. The van der Waals surface area contributed by atoms with Crippen molar-refractivity contribution in [2.24, 2.45) is 0 Å². The van der Waals surface area contributed by atoms with Gasteiger partial charge in [-0.15, -0.1) is 0 Å². The van der Waals surface area contributed by atoms with Crippen molar-refractivity contribution in [1.29, 1.82) is 0 Å². The van der Waals surface area contributed by atoms with Crippen molar-refractivity contribution in [3.05, 3.63) is 94.8 Å². The monoisotopic (exact) mass is 400 g/mol. The summed E-state index contributed by atoms with van der Waals surface area (Å²) in [6.45, 7) is 0. The van der Waals surface area contributed by atoms with Gasteiger partial charge < -0.3 is 14.7 Å². The van der Waals surface area contributed by atoms with Crippen molar-refractivity contribution < 1.29 is 14.6 Å². The maximum absolute atomic E-state index is 13.5. The van der Waals surface area contributed by atoms with Crippen LogP contribution >= 0.6 is 0 Å². The lowest BCUT2D eigenvalue weighted by molar-refractivity contribution is 0.0989. The first-order valence-corrected chi connectivity index (χ1v) is 9.37. The fourth-order valence-corrected chi connectivity index (χ4v) is 3.44. The molecule has 4 rings (SSSR count). The maximum atomic E-state index is 13.5. The van der Waals surface area contributed by atoms with Gasteiger partial charge in [0.2, 0.25) is 0 Å². The zero-order chi connectivity index (χ0) is 21.3. The third-order valence-corrected chi connectivity index (χ3v) is 5.05. The molecule has 0 aliphatic heterocycles. The first-order valence-electron chi connectivity index (χ1n) is 9.37. The lowest BCUT2D eigenvalue weighted by atomic mass is 10.1. The quantitative estimate of drug-likeness (QED) is 0.562. The second-order valence-corrected chi connectivity index (χ2v) is 6.78. The van der Waals surface area contributed by atoms with E-state index in [0.717, 1.165) is 0 Å². The molecule has 0 aliphatic rings. The van der Waals surface area contributed by atoms with E-state index in [9.17, 15) is 14.7 Å². The molecule has 0 saturated heterocycles. The highest BCUT2D eigenvalue weighted by atomic mass is 16.5. The van der Waals surface area contributed by atoms with Gasteiger partial charge in [0, 0.05) is 23.8 Å². The standard InChI is InChI=1S/C24H20N2O4/c1-25(16-8-4-3-5-9-16)23(28)21-22(27)19-10-6-7-11-20(19)26(24(21)29)17-12-14-18(30-2)15-13-17/h3-15,27H,1-2H3. The van der Waals surface area contributed by atoms with Gasteiger partial charge in [-0.25, -0.2) is 0 Å². The fraction of sp³-hybridized carbons (Fsp3) is 0.0833. The molecule has 0 radical (unpaired) electrons. The number of amides is 1. The van der Waals surface area contributed by atoms with Crippen molar-refractivity contribution in [2.45, 2.75) is 0 Å². The van der Waals surface area contributed by atoms with Crippen molar-refractivity contribution in [3.8, 4) is 17.2 Å². The van der Waals surface area contributed by atoms with Gasteiger partial charge >= 0.3 is 0 Å². The van der Waals surface area contributed by atoms with E-state index >= 15 is 0 Å². The highest BCUT2D eigenvalue weighted by Crippen LogP contribution is 2.29. The lowest BCUT2D eigenvalue weighted by Gasteiger charge is -2.20. The number of ether oxygens (including phenoxy) is 1. The van der Waals surface area contributed by atoms with Crippen molar-refractivity contribution in [2.75, 3.05) is 19.1 Å². The number of nitrogens with zero attached hydrogens (tertiary/aromatic N) is 2. The molecule has 0 spiro atoms. The van der Waals surface area contributed by atoms with Crippen LogP contribution in [0.15, 0.2) is 83.7 Å². The summed E-state index contributed by atoms with van der Waals surface area (Å²) < 4.78 is 6.63. The third kappa shape index (κ3) is 3.18. The van der Waals surface area contributed by atoms with E-state index < -0.39 is 11.5 Å². The Balaban J connectivity index is 1.97. The van der Waals surface area contributed by atoms with Gasteiger partial charge in [-0.1, -0.05) is 30.3 Å². The topological polar surface area (TPSA) is 71.8 Å². The maximum Gasteiger partial charge on any atom is 0.272 e. The molecule has 1 aromatic heterocycles. The van der Waals surface area contributed by atoms with Crippen LogP contribution in [0.4, 0.5) is 5.69 Å². The Morgan fingerprint density at radius 3 is 2.23 bits per heavy atom. The van der Waals surface area contributed by atoms with Crippen LogP contribution in [0.2, 0.25) is 0 Å². The molecule has 150 valence electrons. The third-order valence-electron chi connectivity index (χ3n) is 5.05. The van der Waals surface area contributed by atoms with Gasteiger partial charge in [0.25, 0.3) is 11.5 Å². The molecule has 6 heteroatoms. The first-order chi connectivity index (χ1) is 14.5. The normalized spacial score (nSPS) is 10.7.